The van der Waals surface area contributed by atoms with Crippen molar-refractivity contribution in [2.24, 2.45) is 5.92 Å². The van der Waals surface area contributed by atoms with Crippen LogP contribution in [0.2, 0.25) is 0 Å². The second-order valence-electron chi connectivity index (χ2n) is 5.62. The number of allylic oxidation sites excluding steroid dienone is 2. The molecule has 0 rings (SSSR count). The number of carbonyl (C=O) groups is 1. The van der Waals surface area contributed by atoms with Crippen LogP contribution in [-0.2, 0) is 4.79 Å². The van der Waals surface area contributed by atoms with Crippen molar-refractivity contribution in [3.63, 3.8) is 0 Å². The number of aliphatic carboxylic acids is 1. The predicted octanol–water partition coefficient (Wildman–Crippen LogP) is 5.57. The third-order valence-corrected chi connectivity index (χ3v) is 3.69. The molecule has 0 fully saturated rings. The van der Waals surface area contributed by atoms with Crippen molar-refractivity contribution in [3.8, 4) is 0 Å². The number of rotatable bonds is 13. The standard InChI is InChI=1S/C17H32O2/c1-3-16(2)14-12-10-8-6-4-5-7-9-11-13-15-17(18)19/h5,7,16H,3-4,6,8-15H2,1-2H3,(H,18,19)/b7-5-. The molecule has 1 atom stereocenters. The molecule has 0 heterocycles. The number of unbranched alkanes of at least 4 members (excludes halogenated alkanes) is 6. The zero-order valence-electron chi connectivity index (χ0n) is 12.9. The molecular formula is C17H32O2. The molecule has 0 aliphatic rings. The Balaban J connectivity index is 3.15. The molecule has 0 aromatic heterocycles. The predicted molar refractivity (Wildman–Crippen MR) is 82.4 cm³/mol. The Morgan fingerprint density at radius 1 is 1.00 bits per heavy atom. The lowest BCUT2D eigenvalue weighted by Gasteiger charge is -2.06. The van der Waals surface area contributed by atoms with Crippen LogP contribution in [0.1, 0.15) is 84.5 Å². The van der Waals surface area contributed by atoms with Gasteiger partial charge in [-0.1, -0.05) is 58.1 Å². The van der Waals surface area contributed by atoms with E-state index in [9.17, 15) is 4.79 Å². The van der Waals surface area contributed by atoms with Crippen LogP contribution in [0.25, 0.3) is 0 Å². The lowest BCUT2D eigenvalue weighted by Crippen LogP contribution is -1.92. The van der Waals surface area contributed by atoms with Gasteiger partial charge in [-0.3, -0.25) is 4.79 Å². The van der Waals surface area contributed by atoms with E-state index in [1.165, 1.54) is 44.9 Å². The SMILES string of the molecule is CCC(C)CCCCCC/C=C\CCCCC(=O)O. The Morgan fingerprint density at radius 2 is 1.58 bits per heavy atom. The van der Waals surface area contributed by atoms with E-state index in [0.717, 1.165) is 25.2 Å². The van der Waals surface area contributed by atoms with Crippen molar-refractivity contribution in [1.82, 2.24) is 0 Å². The van der Waals surface area contributed by atoms with Gasteiger partial charge in [0.15, 0.2) is 0 Å². The minimum absolute atomic E-state index is 0.310. The molecule has 0 saturated heterocycles. The largest absolute Gasteiger partial charge is 0.481 e. The summed E-state index contributed by atoms with van der Waals surface area (Å²) >= 11 is 0. The number of carboxylic acid groups (broad SMARTS) is 1. The zero-order valence-corrected chi connectivity index (χ0v) is 12.9. The third-order valence-electron chi connectivity index (χ3n) is 3.69. The molecule has 0 aliphatic carbocycles. The van der Waals surface area contributed by atoms with Crippen LogP contribution in [0.15, 0.2) is 12.2 Å². The smallest absolute Gasteiger partial charge is 0.303 e. The van der Waals surface area contributed by atoms with E-state index in [1.807, 2.05) is 0 Å². The van der Waals surface area contributed by atoms with Gasteiger partial charge in [-0.2, -0.15) is 0 Å². The Bertz CT molecular complexity index is 233. The highest BCUT2D eigenvalue weighted by molar-refractivity contribution is 5.66. The van der Waals surface area contributed by atoms with Crippen molar-refractivity contribution < 1.29 is 9.90 Å². The molecule has 2 heteroatoms. The maximum absolute atomic E-state index is 10.3. The monoisotopic (exact) mass is 268 g/mol. The number of carboxylic acids is 1. The topological polar surface area (TPSA) is 37.3 Å². The molecule has 0 bridgehead atoms. The van der Waals surface area contributed by atoms with Crippen molar-refractivity contribution >= 4 is 5.97 Å². The fourth-order valence-electron chi connectivity index (χ4n) is 2.09. The fraction of sp³-hybridized carbons (Fsp3) is 0.824. The normalized spacial score (nSPS) is 12.9. The summed E-state index contributed by atoms with van der Waals surface area (Å²) in [6.45, 7) is 4.61. The maximum atomic E-state index is 10.3. The summed E-state index contributed by atoms with van der Waals surface area (Å²) < 4.78 is 0. The first kappa shape index (κ1) is 18.2. The van der Waals surface area contributed by atoms with E-state index in [1.54, 1.807) is 0 Å². The van der Waals surface area contributed by atoms with E-state index >= 15 is 0 Å². The Kier molecular flexibility index (Phi) is 13.1. The maximum Gasteiger partial charge on any atom is 0.303 e. The van der Waals surface area contributed by atoms with Gasteiger partial charge in [0.2, 0.25) is 0 Å². The number of hydrogen-bond acceptors (Lipinski definition) is 1. The number of hydrogen-bond donors (Lipinski definition) is 1. The second-order valence-corrected chi connectivity index (χ2v) is 5.62. The van der Waals surface area contributed by atoms with Gasteiger partial charge in [0, 0.05) is 6.42 Å². The Hall–Kier alpha value is -0.790. The fourth-order valence-corrected chi connectivity index (χ4v) is 2.09. The average molecular weight is 268 g/mol. The summed E-state index contributed by atoms with van der Waals surface area (Å²) in [4.78, 5) is 10.3. The minimum Gasteiger partial charge on any atom is -0.481 e. The first-order valence-corrected chi connectivity index (χ1v) is 8.03. The average Bonchev–Trinajstić information content (AvgIpc) is 2.39. The molecule has 19 heavy (non-hydrogen) atoms. The molecule has 0 aromatic carbocycles. The first-order valence-electron chi connectivity index (χ1n) is 8.03. The summed E-state index contributed by atoms with van der Waals surface area (Å²) in [5.74, 6) is 0.215. The van der Waals surface area contributed by atoms with Crippen molar-refractivity contribution in [3.05, 3.63) is 12.2 Å². The molecule has 0 amide bonds. The molecule has 0 radical (unpaired) electrons. The van der Waals surface area contributed by atoms with Crippen LogP contribution in [0.4, 0.5) is 0 Å². The highest BCUT2D eigenvalue weighted by Crippen LogP contribution is 2.13. The van der Waals surface area contributed by atoms with Crippen LogP contribution in [0.5, 0.6) is 0 Å². The summed E-state index contributed by atoms with van der Waals surface area (Å²) in [6.07, 6.45) is 16.9. The minimum atomic E-state index is -0.679. The van der Waals surface area contributed by atoms with Crippen LogP contribution < -0.4 is 0 Å². The lowest BCUT2D eigenvalue weighted by molar-refractivity contribution is -0.137. The van der Waals surface area contributed by atoms with Gasteiger partial charge < -0.3 is 5.11 Å². The molecule has 1 N–H and O–H groups in total. The lowest BCUT2D eigenvalue weighted by atomic mass is 10.00. The van der Waals surface area contributed by atoms with Crippen LogP contribution in [0.3, 0.4) is 0 Å². The van der Waals surface area contributed by atoms with Gasteiger partial charge in [0.25, 0.3) is 0 Å². The molecule has 0 spiro atoms. The summed E-state index contributed by atoms with van der Waals surface area (Å²) in [5.41, 5.74) is 0. The zero-order chi connectivity index (χ0) is 14.3. The molecule has 2 nitrogen and oxygen atoms in total. The Labute approximate surface area is 119 Å². The third kappa shape index (κ3) is 15.2. The summed E-state index contributed by atoms with van der Waals surface area (Å²) in [7, 11) is 0. The molecule has 1 unspecified atom stereocenters. The van der Waals surface area contributed by atoms with Crippen molar-refractivity contribution in [2.75, 3.05) is 0 Å². The van der Waals surface area contributed by atoms with Gasteiger partial charge in [-0.05, 0) is 38.0 Å². The van der Waals surface area contributed by atoms with Crippen LogP contribution in [-0.4, -0.2) is 11.1 Å². The van der Waals surface area contributed by atoms with E-state index in [0.29, 0.717) is 6.42 Å². The quantitative estimate of drug-likeness (QED) is 0.350. The summed E-state index contributed by atoms with van der Waals surface area (Å²) in [6, 6.07) is 0. The highest BCUT2D eigenvalue weighted by Gasteiger charge is 1.97. The molecule has 0 saturated carbocycles. The highest BCUT2D eigenvalue weighted by atomic mass is 16.4. The van der Waals surface area contributed by atoms with E-state index < -0.39 is 5.97 Å². The van der Waals surface area contributed by atoms with E-state index in [2.05, 4.69) is 26.0 Å². The molecule has 0 aliphatic heterocycles. The van der Waals surface area contributed by atoms with Crippen LogP contribution >= 0.6 is 0 Å². The van der Waals surface area contributed by atoms with E-state index in [-0.39, 0.29) is 0 Å². The van der Waals surface area contributed by atoms with E-state index in [4.69, 9.17) is 5.11 Å². The van der Waals surface area contributed by atoms with Gasteiger partial charge in [0.1, 0.15) is 0 Å². The van der Waals surface area contributed by atoms with Crippen LogP contribution in [0, 0.1) is 5.92 Å². The first-order chi connectivity index (χ1) is 9.16. The van der Waals surface area contributed by atoms with Gasteiger partial charge in [-0.25, -0.2) is 0 Å². The van der Waals surface area contributed by atoms with Gasteiger partial charge >= 0.3 is 5.97 Å². The Morgan fingerprint density at radius 3 is 2.16 bits per heavy atom. The summed E-state index contributed by atoms with van der Waals surface area (Å²) in [5, 5.41) is 8.49. The molecule has 0 aromatic rings. The van der Waals surface area contributed by atoms with Gasteiger partial charge in [-0.15, -0.1) is 0 Å². The molecule has 112 valence electrons. The van der Waals surface area contributed by atoms with Crippen molar-refractivity contribution in [1.29, 1.82) is 0 Å². The van der Waals surface area contributed by atoms with Gasteiger partial charge in [0.05, 0.1) is 0 Å². The second kappa shape index (κ2) is 13.6. The molecular weight excluding hydrogens is 236 g/mol. The van der Waals surface area contributed by atoms with Crippen molar-refractivity contribution in [2.45, 2.75) is 84.5 Å².